The number of pyridine rings is 1. The van der Waals surface area contributed by atoms with Gasteiger partial charge in [-0.15, -0.1) is 0 Å². The Labute approximate surface area is 67.0 Å². The first-order valence-corrected chi connectivity index (χ1v) is 3.71. The monoisotopic (exact) mass is 145 g/mol. The van der Waals surface area contributed by atoms with Gasteiger partial charge in [-0.1, -0.05) is 6.07 Å². The van der Waals surface area contributed by atoms with Crippen LogP contribution in [0.4, 0.5) is 0 Å². The Hall–Kier alpha value is -0.985. The highest BCUT2D eigenvalue weighted by molar-refractivity contribution is 6.12. The van der Waals surface area contributed by atoms with Crippen molar-refractivity contribution in [3.8, 4) is 5.88 Å². The van der Waals surface area contributed by atoms with Gasteiger partial charge in [0.05, 0.1) is 14.5 Å². The quantitative estimate of drug-likeness (QED) is 0.509. The first-order chi connectivity index (χ1) is 5.38. The fraction of sp³-hybridized carbons (Fsp3) is 0.375. The lowest BCUT2D eigenvalue weighted by molar-refractivity contribution is 0.273. The van der Waals surface area contributed by atoms with Gasteiger partial charge in [-0.3, -0.25) is 0 Å². The van der Waals surface area contributed by atoms with Gasteiger partial charge in [0.2, 0.25) is 5.88 Å². The lowest BCUT2D eigenvalue weighted by atomic mass is 9.78. The number of ether oxygens (including phenoxy) is 1. The molecule has 3 heteroatoms. The van der Waals surface area contributed by atoms with Gasteiger partial charge >= 0.3 is 0 Å². The average molecular weight is 145 g/mol. The number of nitrogens with zero attached hydrogens (tertiary/aromatic N) is 1. The average Bonchev–Trinajstić information content (AvgIpc) is 2.06. The summed E-state index contributed by atoms with van der Waals surface area (Å²) < 4.78 is 5.30. The molecule has 0 saturated carbocycles. The van der Waals surface area contributed by atoms with E-state index in [4.69, 9.17) is 12.6 Å². The molecule has 2 radical (unpaired) electrons. The van der Waals surface area contributed by atoms with Crippen LogP contribution in [0.1, 0.15) is 17.8 Å². The molecule has 0 saturated heterocycles. The minimum atomic E-state index is 0.104. The summed E-state index contributed by atoms with van der Waals surface area (Å²) in [5.74, 6) is 0.804. The second-order valence-corrected chi connectivity index (χ2v) is 2.64. The van der Waals surface area contributed by atoms with Crippen molar-refractivity contribution in [3.63, 3.8) is 0 Å². The molecule has 0 spiro atoms. The van der Waals surface area contributed by atoms with Crippen LogP contribution in [0, 0.1) is 0 Å². The van der Waals surface area contributed by atoms with E-state index in [9.17, 15) is 0 Å². The van der Waals surface area contributed by atoms with Crippen LogP contribution in [0.3, 0.4) is 0 Å². The number of rotatable bonds is 0. The van der Waals surface area contributed by atoms with Gasteiger partial charge in [0, 0.05) is 11.8 Å². The summed E-state index contributed by atoms with van der Waals surface area (Å²) in [6.07, 6.45) is 2.61. The maximum Gasteiger partial charge on any atom is 0.215 e. The van der Waals surface area contributed by atoms with Crippen molar-refractivity contribution < 1.29 is 4.74 Å². The van der Waals surface area contributed by atoms with Crippen molar-refractivity contribution in [2.45, 2.75) is 12.2 Å². The fourth-order valence-electron chi connectivity index (χ4n) is 1.24. The summed E-state index contributed by atoms with van der Waals surface area (Å²) in [6, 6.07) is 3.85. The van der Waals surface area contributed by atoms with Gasteiger partial charge < -0.3 is 4.74 Å². The zero-order valence-corrected chi connectivity index (χ0v) is 6.16. The van der Waals surface area contributed by atoms with Gasteiger partial charge in [-0.2, -0.15) is 0 Å². The Morgan fingerprint density at radius 1 is 1.64 bits per heavy atom. The minimum Gasteiger partial charge on any atom is -0.477 e. The second-order valence-electron chi connectivity index (χ2n) is 2.64. The molecule has 0 bridgehead atoms. The van der Waals surface area contributed by atoms with Crippen LogP contribution >= 0.6 is 0 Å². The molecule has 2 heterocycles. The van der Waals surface area contributed by atoms with Gasteiger partial charge in [0.15, 0.2) is 0 Å². The third-order valence-electron chi connectivity index (χ3n) is 1.87. The first-order valence-electron chi connectivity index (χ1n) is 3.71. The molecule has 54 valence electrons. The molecule has 1 aliphatic rings. The maximum absolute atomic E-state index is 5.83. The van der Waals surface area contributed by atoms with Gasteiger partial charge in [0.1, 0.15) is 0 Å². The van der Waals surface area contributed by atoms with Crippen molar-refractivity contribution in [3.05, 3.63) is 23.9 Å². The highest BCUT2D eigenvalue weighted by atomic mass is 16.5. The summed E-state index contributed by atoms with van der Waals surface area (Å²) in [5, 5.41) is 0. The predicted molar refractivity (Wildman–Crippen MR) is 42.8 cm³/mol. The molecule has 0 aliphatic carbocycles. The van der Waals surface area contributed by atoms with Crippen LogP contribution in [-0.4, -0.2) is 19.4 Å². The van der Waals surface area contributed by atoms with Gasteiger partial charge in [-0.25, -0.2) is 4.98 Å². The van der Waals surface area contributed by atoms with E-state index in [0.29, 0.717) is 12.5 Å². The fourth-order valence-corrected chi connectivity index (χ4v) is 1.24. The number of aromatic nitrogens is 1. The molecule has 0 amide bonds. The lowest BCUT2D eigenvalue weighted by Crippen LogP contribution is -2.14. The van der Waals surface area contributed by atoms with Gasteiger partial charge in [-0.05, 0) is 18.3 Å². The maximum atomic E-state index is 5.83. The standard InChI is InChI=1S/C8H8BNO/c9-7-3-5-11-8-6(7)2-1-4-10-8/h1-2,4,7H,3,5H2. The van der Waals surface area contributed by atoms with Crippen LogP contribution in [0.2, 0.25) is 0 Å². The Kier molecular flexibility index (Phi) is 1.57. The molecule has 2 nitrogen and oxygen atoms in total. The summed E-state index contributed by atoms with van der Waals surface area (Å²) >= 11 is 0. The molecule has 0 N–H and O–H groups in total. The summed E-state index contributed by atoms with van der Waals surface area (Å²) in [5.41, 5.74) is 1.03. The molecule has 1 aliphatic heterocycles. The second kappa shape index (κ2) is 2.57. The van der Waals surface area contributed by atoms with Crippen LogP contribution in [0.25, 0.3) is 0 Å². The molecule has 1 aromatic heterocycles. The van der Waals surface area contributed by atoms with Crippen LogP contribution in [0.15, 0.2) is 18.3 Å². The van der Waals surface area contributed by atoms with E-state index < -0.39 is 0 Å². The van der Waals surface area contributed by atoms with Crippen LogP contribution in [-0.2, 0) is 0 Å². The van der Waals surface area contributed by atoms with E-state index in [1.165, 1.54) is 0 Å². The molecule has 1 atom stereocenters. The summed E-state index contributed by atoms with van der Waals surface area (Å²) in [7, 11) is 5.83. The SMILES string of the molecule is [B]C1CCOc2ncccc21. The molecule has 0 aromatic carbocycles. The number of hydrogen-bond acceptors (Lipinski definition) is 2. The van der Waals surface area contributed by atoms with Crippen molar-refractivity contribution in [1.82, 2.24) is 4.98 Å². The zero-order chi connectivity index (χ0) is 7.68. The molecule has 11 heavy (non-hydrogen) atoms. The van der Waals surface area contributed by atoms with Crippen molar-refractivity contribution in [2.75, 3.05) is 6.61 Å². The van der Waals surface area contributed by atoms with E-state index >= 15 is 0 Å². The molecular formula is C8H8BNO. The van der Waals surface area contributed by atoms with Crippen LogP contribution in [0.5, 0.6) is 5.88 Å². The number of hydrogen-bond donors (Lipinski definition) is 0. The molecule has 1 aromatic rings. The third-order valence-corrected chi connectivity index (χ3v) is 1.87. The van der Waals surface area contributed by atoms with E-state index in [1.807, 2.05) is 12.1 Å². The van der Waals surface area contributed by atoms with Crippen LogP contribution < -0.4 is 4.74 Å². The largest absolute Gasteiger partial charge is 0.477 e. The molecule has 1 unspecified atom stereocenters. The van der Waals surface area contributed by atoms with E-state index in [-0.39, 0.29) is 5.82 Å². The lowest BCUT2D eigenvalue weighted by Gasteiger charge is -2.21. The predicted octanol–water partition coefficient (Wildman–Crippen LogP) is 1.07. The Morgan fingerprint density at radius 3 is 3.36 bits per heavy atom. The minimum absolute atomic E-state index is 0.104. The van der Waals surface area contributed by atoms with Crippen molar-refractivity contribution in [1.29, 1.82) is 0 Å². The Morgan fingerprint density at radius 2 is 2.55 bits per heavy atom. The number of fused-ring (bicyclic) bond motifs is 1. The van der Waals surface area contributed by atoms with Crippen molar-refractivity contribution >= 4 is 7.85 Å². The van der Waals surface area contributed by atoms with E-state index in [0.717, 1.165) is 12.0 Å². The summed E-state index contributed by atoms with van der Waals surface area (Å²) in [4.78, 5) is 4.07. The highest BCUT2D eigenvalue weighted by Gasteiger charge is 2.16. The normalized spacial score (nSPS) is 22.0. The van der Waals surface area contributed by atoms with Crippen molar-refractivity contribution in [2.24, 2.45) is 0 Å². The first kappa shape index (κ1) is 6.71. The molecule has 0 fully saturated rings. The Bertz CT molecular complexity index is 264. The third kappa shape index (κ3) is 1.11. The van der Waals surface area contributed by atoms with Gasteiger partial charge in [0.25, 0.3) is 0 Å². The Balaban J connectivity index is 2.44. The molecular weight excluding hydrogens is 137 g/mol. The zero-order valence-electron chi connectivity index (χ0n) is 6.16. The topological polar surface area (TPSA) is 22.1 Å². The highest BCUT2D eigenvalue weighted by Crippen LogP contribution is 2.28. The summed E-state index contributed by atoms with van der Waals surface area (Å²) in [6.45, 7) is 0.686. The smallest absolute Gasteiger partial charge is 0.215 e. The molecule has 2 rings (SSSR count). The van der Waals surface area contributed by atoms with E-state index in [1.54, 1.807) is 6.20 Å². The van der Waals surface area contributed by atoms with E-state index in [2.05, 4.69) is 4.98 Å².